The number of carbonyl (C=O) groups is 2. The molecule has 1 aromatic rings. The topological polar surface area (TPSA) is 40.6 Å². The van der Waals surface area contributed by atoms with Crippen LogP contribution >= 0.6 is 0 Å². The zero-order valence-corrected chi connectivity index (χ0v) is 13.8. The van der Waals surface area contributed by atoms with E-state index in [4.69, 9.17) is 0 Å². The lowest BCUT2D eigenvalue weighted by Crippen LogP contribution is -2.36. The van der Waals surface area contributed by atoms with E-state index < -0.39 is 0 Å². The highest BCUT2D eigenvalue weighted by Gasteiger charge is 2.18. The molecular weight excluding hydrogens is 295 g/mol. The van der Waals surface area contributed by atoms with Crippen molar-refractivity contribution in [3.63, 3.8) is 0 Å². The number of carbonyl (C=O) groups excluding carboxylic acids is 2. The van der Waals surface area contributed by atoms with Crippen molar-refractivity contribution in [2.24, 2.45) is 0 Å². The molecule has 1 aliphatic rings. The maximum atomic E-state index is 13.7. The summed E-state index contributed by atoms with van der Waals surface area (Å²) < 4.78 is 13.7. The zero-order valence-electron chi connectivity index (χ0n) is 13.8. The van der Waals surface area contributed by atoms with Crippen molar-refractivity contribution in [1.29, 1.82) is 0 Å². The van der Waals surface area contributed by atoms with Crippen LogP contribution in [0.15, 0.2) is 24.3 Å². The molecule has 0 bridgehead atoms. The van der Waals surface area contributed by atoms with Crippen LogP contribution in [0, 0.1) is 5.82 Å². The number of nitrogens with zero attached hydrogens (tertiary/aromatic N) is 2. The monoisotopic (exact) mass is 320 g/mol. The van der Waals surface area contributed by atoms with Gasteiger partial charge in [-0.15, -0.1) is 0 Å². The molecule has 1 saturated heterocycles. The number of benzene rings is 1. The minimum atomic E-state index is -0.322. The van der Waals surface area contributed by atoms with Crippen molar-refractivity contribution in [2.45, 2.75) is 45.6 Å². The number of hydrogen-bond acceptors (Lipinski definition) is 2. The van der Waals surface area contributed by atoms with Crippen molar-refractivity contribution in [1.82, 2.24) is 9.80 Å². The van der Waals surface area contributed by atoms with Gasteiger partial charge in [-0.1, -0.05) is 31.0 Å². The summed E-state index contributed by atoms with van der Waals surface area (Å²) in [5.41, 5.74) is 0.477. The smallest absolute Gasteiger partial charge is 0.224 e. The second kappa shape index (κ2) is 8.65. The van der Waals surface area contributed by atoms with Crippen molar-refractivity contribution in [3.05, 3.63) is 35.6 Å². The Morgan fingerprint density at radius 3 is 2.39 bits per heavy atom. The fraction of sp³-hybridized carbons (Fsp3) is 0.556. The summed E-state index contributed by atoms with van der Waals surface area (Å²) in [6.07, 6.45) is 4.76. The second-order valence-corrected chi connectivity index (χ2v) is 6.08. The molecule has 4 nitrogen and oxygen atoms in total. The van der Waals surface area contributed by atoms with Crippen LogP contribution in [0.4, 0.5) is 4.39 Å². The number of likely N-dealkylation sites (tertiary alicyclic amines) is 1. The molecule has 1 heterocycles. The van der Waals surface area contributed by atoms with Gasteiger partial charge in [0.2, 0.25) is 11.8 Å². The van der Waals surface area contributed by atoms with Gasteiger partial charge in [0.25, 0.3) is 0 Å². The van der Waals surface area contributed by atoms with Crippen molar-refractivity contribution < 1.29 is 14.0 Å². The van der Waals surface area contributed by atoms with E-state index in [0.29, 0.717) is 18.5 Å². The third kappa shape index (κ3) is 5.34. The molecule has 2 rings (SSSR count). The molecule has 1 aliphatic heterocycles. The van der Waals surface area contributed by atoms with Crippen LogP contribution in [0.5, 0.6) is 0 Å². The van der Waals surface area contributed by atoms with Crippen LogP contribution in [0.1, 0.15) is 44.6 Å². The number of halogens is 1. The summed E-state index contributed by atoms with van der Waals surface area (Å²) in [6.45, 7) is 3.62. The molecular formula is C18H25FN2O2. The average molecular weight is 320 g/mol. The highest BCUT2D eigenvalue weighted by molar-refractivity contribution is 5.78. The summed E-state index contributed by atoms with van der Waals surface area (Å²) in [5.74, 6) is -0.374. The summed E-state index contributed by atoms with van der Waals surface area (Å²) in [5, 5.41) is 0. The lowest BCUT2D eigenvalue weighted by molar-refractivity contribution is -0.133. The predicted octanol–water partition coefficient (Wildman–Crippen LogP) is 2.97. The van der Waals surface area contributed by atoms with Crippen LogP contribution in [0.2, 0.25) is 0 Å². The summed E-state index contributed by atoms with van der Waals surface area (Å²) in [6, 6.07) is 6.43. The Hall–Kier alpha value is -1.91. The van der Waals surface area contributed by atoms with Gasteiger partial charge in [0.05, 0.1) is 0 Å². The van der Waals surface area contributed by atoms with Crippen LogP contribution in [0.25, 0.3) is 0 Å². The highest BCUT2D eigenvalue weighted by atomic mass is 19.1. The molecule has 0 atom stereocenters. The molecule has 5 heteroatoms. The van der Waals surface area contributed by atoms with Crippen molar-refractivity contribution in [2.75, 3.05) is 19.6 Å². The Morgan fingerprint density at radius 2 is 1.78 bits per heavy atom. The number of hydrogen-bond donors (Lipinski definition) is 0. The summed E-state index contributed by atoms with van der Waals surface area (Å²) in [4.78, 5) is 27.5. The Kier molecular flexibility index (Phi) is 6.56. The number of amides is 2. The molecule has 0 aliphatic carbocycles. The Balaban J connectivity index is 1.90. The third-order valence-electron chi connectivity index (χ3n) is 4.32. The van der Waals surface area contributed by atoms with Crippen molar-refractivity contribution >= 4 is 11.8 Å². The first-order valence-electron chi connectivity index (χ1n) is 8.34. The molecule has 0 N–H and O–H groups in total. The molecule has 1 fully saturated rings. The van der Waals surface area contributed by atoms with Crippen LogP contribution in [-0.2, 0) is 16.1 Å². The van der Waals surface area contributed by atoms with Gasteiger partial charge in [-0.05, 0) is 18.9 Å². The van der Waals surface area contributed by atoms with Gasteiger partial charge in [0, 0.05) is 45.1 Å². The predicted molar refractivity (Wildman–Crippen MR) is 87.2 cm³/mol. The van der Waals surface area contributed by atoms with E-state index in [1.165, 1.54) is 30.7 Å². The van der Waals surface area contributed by atoms with Gasteiger partial charge in [-0.25, -0.2) is 4.39 Å². The minimum Gasteiger partial charge on any atom is -0.343 e. The molecule has 0 saturated carbocycles. The van der Waals surface area contributed by atoms with Gasteiger partial charge in [0.15, 0.2) is 0 Å². The Bertz CT molecular complexity index is 540. The molecule has 0 unspecified atom stereocenters. The zero-order chi connectivity index (χ0) is 16.7. The third-order valence-corrected chi connectivity index (χ3v) is 4.32. The quantitative estimate of drug-likeness (QED) is 0.837. The van der Waals surface area contributed by atoms with Crippen LogP contribution in [0.3, 0.4) is 0 Å². The first kappa shape index (κ1) is 17.4. The molecule has 23 heavy (non-hydrogen) atoms. The van der Waals surface area contributed by atoms with Crippen LogP contribution in [-0.4, -0.2) is 41.2 Å². The highest BCUT2D eigenvalue weighted by Crippen LogP contribution is 2.13. The first-order valence-corrected chi connectivity index (χ1v) is 8.34. The van der Waals surface area contributed by atoms with E-state index in [-0.39, 0.29) is 24.2 Å². The lowest BCUT2D eigenvalue weighted by Gasteiger charge is -2.24. The van der Waals surface area contributed by atoms with Gasteiger partial charge >= 0.3 is 0 Å². The molecule has 1 aromatic carbocycles. The van der Waals surface area contributed by atoms with E-state index in [2.05, 4.69) is 0 Å². The van der Waals surface area contributed by atoms with E-state index in [1.54, 1.807) is 18.2 Å². The van der Waals surface area contributed by atoms with Crippen molar-refractivity contribution in [3.8, 4) is 0 Å². The molecule has 0 aromatic heterocycles. The molecule has 0 radical (unpaired) electrons. The first-order chi connectivity index (χ1) is 11.1. The SMILES string of the molecule is CC(=O)N(CCC(=O)N1CCCCCC1)Cc1ccccc1F. The summed E-state index contributed by atoms with van der Waals surface area (Å²) >= 11 is 0. The Labute approximate surface area is 137 Å². The fourth-order valence-electron chi connectivity index (χ4n) is 2.89. The summed E-state index contributed by atoms with van der Waals surface area (Å²) in [7, 11) is 0. The maximum Gasteiger partial charge on any atom is 0.224 e. The maximum absolute atomic E-state index is 13.7. The fourth-order valence-corrected chi connectivity index (χ4v) is 2.89. The standard InChI is InChI=1S/C18H25FN2O2/c1-15(22)21(14-16-8-4-5-9-17(16)19)13-10-18(23)20-11-6-2-3-7-12-20/h4-5,8-9H,2-3,6-7,10-14H2,1H3. The largest absolute Gasteiger partial charge is 0.343 e. The van der Waals surface area contributed by atoms with E-state index in [9.17, 15) is 14.0 Å². The number of rotatable bonds is 5. The van der Waals surface area contributed by atoms with Gasteiger partial charge in [-0.3, -0.25) is 9.59 Å². The normalized spacial score (nSPS) is 15.1. The lowest BCUT2D eigenvalue weighted by atomic mass is 10.2. The Morgan fingerprint density at radius 1 is 1.13 bits per heavy atom. The van der Waals surface area contributed by atoms with E-state index >= 15 is 0 Å². The average Bonchev–Trinajstić information content (AvgIpc) is 2.81. The van der Waals surface area contributed by atoms with Gasteiger partial charge in [-0.2, -0.15) is 0 Å². The molecule has 126 valence electrons. The minimum absolute atomic E-state index is 0.0895. The second-order valence-electron chi connectivity index (χ2n) is 6.08. The van der Waals surface area contributed by atoms with Gasteiger partial charge < -0.3 is 9.80 Å². The van der Waals surface area contributed by atoms with E-state index in [0.717, 1.165) is 25.9 Å². The van der Waals surface area contributed by atoms with E-state index in [1.807, 2.05) is 4.90 Å². The van der Waals surface area contributed by atoms with Gasteiger partial charge in [0.1, 0.15) is 5.82 Å². The molecule has 0 spiro atoms. The molecule has 2 amide bonds. The van der Waals surface area contributed by atoms with Crippen LogP contribution < -0.4 is 0 Å².